The number of carboxylic acids is 1. The van der Waals surface area contributed by atoms with Gasteiger partial charge in [0.15, 0.2) is 0 Å². The molecule has 0 aliphatic rings. The molecule has 0 atom stereocenters. The van der Waals surface area contributed by atoms with Gasteiger partial charge in [0.25, 0.3) is 0 Å². The van der Waals surface area contributed by atoms with E-state index in [0.29, 0.717) is 35.1 Å². The highest BCUT2D eigenvalue weighted by Crippen LogP contribution is 2.31. The highest BCUT2D eigenvalue weighted by atomic mass is 16.5. The smallest absolute Gasteiger partial charge is 0.336 e. The normalized spacial score (nSPS) is 11.2. The molecule has 2 aromatic carbocycles. The highest BCUT2D eigenvalue weighted by molar-refractivity contribution is 5.96. The van der Waals surface area contributed by atoms with Crippen LogP contribution in [0.3, 0.4) is 0 Å². The summed E-state index contributed by atoms with van der Waals surface area (Å²) in [5.41, 5.74) is 4.29. The van der Waals surface area contributed by atoms with Gasteiger partial charge in [0.05, 0.1) is 30.8 Å². The van der Waals surface area contributed by atoms with Gasteiger partial charge in [0.2, 0.25) is 5.95 Å². The van der Waals surface area contributed by atoms with Gasteiger partial charge in [0, 0.05) is 55.3 Å². The molecule has 2 aromatic heterocycles. The van der Waals surface area contributed by atoms with Crippen molar-refractivity contribution in [3.8, 4) is 11.5 Å². The fourth-order valence-corrected chi connectivity index (χ4v) is 4.35. The van der Waals surface area contributed by atoms with Crippen molar-refractivity contribution in [2.24, 2.45) is 0 Å². The molecule has 0 amide bonds. The lowest BCUT2D eigenvalue weighted by Gasteiger charge is -2.17. The Hall–Kier alpha value is -4.11. The number of aryl methyl sites for hydroxylation is 2. The van der Waals surface area contributed by atoms with Gasteiger partial charge < -0.3 is 29.4 Å². The molecule has 37 heavy (non-hydrogen) atoms. The van der Waals surface area contributed by atoms with Crippen LogP contribution < -0.4 is 14.8 Å². The van der Waals surface area contributed by atoms with Gasteiger partial charge >= 0.3 is 5.97 Å². The second kappa shape index (κ2) is 11.7. The topological polar surface area (TPSA) is 102 Å². The molecule has 0 saturated heterocycles. The Bertz CT molecular complexity index is 1350. The third-order valence-electron chi connectivity index (χ3n) is 6.41. The van der Waals surface area contributed by atoms with Gasteiger partial charge in [-0.1, -0.05) is 6.07 Å². The fourth-order valence-electron chi connectivity index (χ4n) is 4.35. The number of likely N-dealkylation sites (N-methyl/N-ethyl adjacent to an activating group) is 1. The fraction of sp³-hybridized carbons (Fsp3) is 0.321. The second-order valence-corrected chi connectivity index (χ2v) is 8.95. The molecule has 0 spiro atoms. The van der Waals surface area contributed by atoms with Gasteiger partial charge in [-0.15, -0.1) is 0 Å². The Morgan fingerprint density at radius 1 is 1.08 bits per heavy atom. The lowest BCUT2D eigenvalue weighted by atomic mass is 10.1. The molecule has 2 N–H and O–H groups in total. The van der Waals surface area contributed by atoms with Crippen molar-refractivity contribution in [3.05, 3.63) is 71.5 Å². The standard InChI is InChI=1S/C28H33N5O4/c1-19-24(27(34)35)9-10-25-26(19)31-28(30-21-16-22(36-3)18-23(17-21)37-4)33(25)14-7-13-32(2)15-11-20-8-5-6-12-29-20/h5-6,8-10,12,16-18H,7,11,13-15H2,1-4H3,(H,30,31)(H,34,35). The molecular formula is C28H33N5O4. The van der Waals surface area contributed by atoms with E-state index in [4.69, 9.17) is 14.5 Å². The number of anilines is 2. The van der Waals surface area contributed by atoms with E-state index >= 15 is 0 Å². The average Bonchev–Trinajstić information content (AvgIpc) is 3.25. The molecule has 0 fully saturated rings. The zero-order valence-electron chi connectivity index (χ0n) is 21.7. The lowest BCUT2D eigenvalue weighted by Crippen LogP contribution is -2.23. The van der Waals surface area contributed by atoms with Crippen LogP contribution in [0.4, 0.5) is 11.6 Å². The van der Waals surface area contributed by atoms with Crippen LogP contribution in [-0.2, 0) is 13.0 Å². The van der Waals surface area contributed by atoms with Crippen molar-refractivity contribution in [2.75, 3.05) is 39.7 Å². The predicted molar refractivity (Wildman–Crippen MR) is 144 cm³/mol. The van der Waals surface area contributed by atoms with Crippen LogP contribution in [0, 0.1) is 6.92 Å². The lowest BCUT2D eigenvalue weighted by molar-refractivity contribution is 0.0696. The number of aromatic nitrogens is 3. The third-order valence-corrected chi connectivity index (χ3v) is 6.41. The first-order chi connectivity index (χ1) is 17.9. The zero-order valence-corrected chi connectivity index (χ0v) is 21.7. The molecule has 4 rings (SSSR count). The quantitative estimate of drug-likeness (QED) is 0.285. The van der Waals surface area contributed by atoms with Crippen LogP contribution in [0.1, 0.15) is 28.0 Å². The molecule has 0 aliphatic carbocycles. The Balaban J connectivity index is 1.57. The maximum absolute atomic E-state index is 11.7. The van der Waals surface area contributed by atoms with Crippen LogP contribution in [0.15, 0.2) is 54.7 Å². The van der Waals surface area contributed by atoms with E-state index in [9.17, 15) is 9.90 Å². The summed E-state index contributed by atoms with van der Waals surface area (Å²) in [6, 6.07) is 15.0. The molecule has 4 aromatic rings. The first-order valence-electron chi connectivity index (χ1n) is 12.2. The molecule has 9 nitrogen and oxygen atoms in total. The Morgan fingerprint density at radius 2 is 1.84 bits per heavy atom. The van der Waals surface area contributed by atoms with Crippen LogP contribution in [0.25, 0.3) is 11.0 Å². The molecule has 0 radical (unpaired) electrons. The largest absolute Gasteiger partial charge is 0.497 e. The van der Waals surface area contributed by atoms with Crippen LogP contribution >= 0.6 is 0 Å². The average molecular weight is 504 g/mol. The summed E-state index contributed by atoms with van der Waals surface area (Å²) in [5, 5.41) is 13.0. The minimum Gasteiger partial charge on any atom is -0.497 e. The number of nitrogens with zero attached hydrogens (tertiary/aromatic N) is 4. The van der Waals surface area contributed by atoms with E-state index in [1.54, 1.807) is 33.3 Å². The molecule has 0 unspecified atom stereocenters. The minimum absolute atomic E-state index is 0.251. The summed E-state index contributed by atoms with van der Waals surface area (Å²) >= 11 is 0. The number of hydrogen-bond acceptors (Lipinski definition) is 7. The number of carboxylic acid groups (broad SMARTS) is 1. The van der Waals surface area contributed by atoms with Crippen molar-refractivity contribution >= 4 is 28.6 Å². The van der Waals surface area contributed by atoms with Crippen LogP contribution in [0.2, 0.25) is 0 Å². The van der Waals surface area contributed by atoms with E-state index in [-0.39, 0.29) is 5.56 Å². The number of imidazole rings is 1. The molecule has 0 bridgehead atoms. The van der Waals surface area contributed by atoms with E-state index in [0.717, 1.165) is 42.8 Å². The number of rotatable bonds is 12. The first-order valence-corrected chi connectivity index (χ1v) is 12.2. The summed E-state index contributed by atoms with van der Waals surface area (Å²) in [6.07, 6.45) is 3.61. The highest BCUT2D eigenvalue weighted by Gasteiger charge is 2.18. The summed E-state index contributed by atoms with van der Waals surface area (Å²) in [6.45, 7) is 4.31. The van der Waals surface area contributed by atoms with E-state index < -0.39 is 5.97 Å². The van der Waals surface area contributed by atoms with E-state index in [1.807, 2.05) is 42.6 Å². The summed E-state index contributed by atoms with van der Waals surface area (Å²) in [5.74, 6) is 0.981. The van der Waals surface area contributed by atoms with Gasteiger partial charge in [-0.3, -0.25) is 4.98 Å². The minimum atomic E-state index is -0.962. The number of aromatic carboxylic acids is 1. The van der Waals surface area contributed by atoms with E-state index in [1.165, 1.54) is 0 Å². The van der Waals surface area contributed by atoms with Gasteiger partial charge in [-0.2, -0.15) is 0 Å². The first kappa shape index (κ1) is 26.0. The second-order valence-electron chi connectivity index (χ2n) is 8.95. The Morgan fingerprint density at radius 3 is 2.49 bits per heavy atom. The SMILES string of the molecule is COc1cc(Nc2nc3c(C)c(C(=O)O)ccc3n2CCCN(C)CCc2ccccn2)cc(OC)c1. The van der Waals surface area contributed by atoms with Gasteiger partial charge in [-0.25, -0.2) is 9.78 Å². The predicted octanol–water partition coefficient (Wildman–Crippen LogP) is 4.76. The van der Waals surface area contributed by atoms with Crippen molar-refractivity contribution in [2.45, 2.75) is 26.3 Å². The number of benzene rings is 2. The number of methoxy groups -OCH3 is 2. The molecule has 2 heterocycles. The van der Waals surface area contributed by atoms with Crippen molar-refractivity contribution in [3.63, 3.8) is 0 Å². The summed E-state index contributed by atoms with van der Waals surface area (Å²) in [7, 11) is 5.32. The number of hydrogen-bond donors (Lipinski definition) is 2. The number of ether oxygens (including phenoxy) is 2. The molecular weight excluding hydrogens is 470 g/mol. The number of fused-ring (bicyclic) bond motifs is 1. The summed E-state index contributed by atoms with van der Waals surface area (Å²) < 4.78 is 12.9. The molecule has 9 heteroatoms. The molecule has 0 saturated carbocycles. The maximum Gasteiger partial charge on any atom is 0.336 e. The summed E-state index contributed by atoms with van der Waals surface area (Å²) in [4.78, 5) is 23.2. The number of pyridine rings is 1. The number of carbonyl (C=O) groups is 1. The molecule has 0 aliphatic heterocycles. The Labute approximate surface area is 216 Å². The van der Waals surface area contributed by atoms with Crippen molar-refractivity contribution < 1.29 is 19.4 Å². The van der Waals surface area contributed by atoms with Crippen molar-refractivity contribution in [1.29, 1.82) is 0 Å². The van der Waals surface area contributed by atoms with Crippen LogP contribution in [-0.4, -0.2) is 64.9 Å². The Kier molecular flexibility index (Phi) is 8.25. The number of nitrogens with one attached hydrogen (secondary N) is 1. The maximum atomic E-state index is 11.7. The zero-order chi connectivity index (χ0) is 26.4. The van der Waals surface area contributed by atoms with Crippen LogP contribution in [0.5, 0.6) is 11.5 Å². The monoisotopic (exact) mass is 503 g/mol. The molecule has 194 valence electrons. The van der Waals surface area contributed by atoms with E-state index in [2.05, 4.69) is 26.8 Å². The van der Waals surface area contributed by atoms with Gasteiger partial charge in [0.1, 0.15) is 11.5 Å². The third kappa shape index (κ3) is 6.18. The van der Waals surface area contributed by atoms with Gasteiger partial charge in [-0.05, 0) is 56.8 Å². The van der Waals surface area contributed by atoms with Crippen molar-refractivity contribution in [1.82, 2.24) is 19.4 Å².